The molecule has 172 valence electrons. The van der Waals surface area contributed by atoms with Crippen molar-refractivity contribution in [1.82, 2.24) is 20.2 Å². The number of H-pyrrole nitrogens is 1. The molecule has 4 heterocycles. The van der Waals surface area contributed by atoms with Gasteiger partial charge in [0.25, 0.3) is 0 Å². The van der Waals surface area contributed by atoms with Crippen LogP contribution in [0.1, 0.15) is 38.6 Å². The Hall–Kier alpha value is -2.26. The van der Waals surface area contributed by atoms with Crippen LogP contribution in [0, 0.1) is 12.3 Å². The van der Waals surface area contributed by atoms with Crippen molar-refractivity contribution < 1.29 is 9.84 Å². The maximum atomic E-state index is 10.1. The highest BCUT2D eigenvalue weighted by atomic mass is 35.5. The number of aliphatic hydroxyl groups is 1. The molecule has 0 aliphatic carbocycles. The number of nitrogens with one attached hydrogen (secondary N) is 1. The Bertz CT molecular complexity index is 1130. The predicted octanol–water partition coefficient (Wildman–Crippen LogP) is 3.44. The lowest BCUT2D eigenvalue weighted by Gasteiger charge is -2.42. The molecule has 3 aromatic rings. The van der Waals surface area contributed by atoms with Crippen molar-refractivity contribution in [2.24, 2.45) is 11.1 Å². The number of aromatic nitrogens is 4. The summed E-state index contributed by atoms with van der Waals surface area (Å²) >= 11 is 6.54. The Kier molecular flexibility index (Phi) is 6.15. The average Bonchev–Trinajstić information content (AvgIpc) is 3.33. The molecule has 8 nitrogen and oxygen atoms in total. The van der Waals surface area contributed by atoms with E-state index in [1.165, 1.54) is 0 Å². The largest absolute Gasteiger partial charge is 0.390 e. The zero-order valence-electron chi connectivity index (χ0n) is 17.7. The highest BCUT2D eigenvalue weighted by Gasteiger charge is 2.47. The van der Waals surface area contributed by atoms with Crippen molar-refractivity contribution in [2.75, 3.05) is 24.6 Å². The first-order chi connectivity index (χ1) is 14.9. The Morgan fingerprint density at radius 1 is 1.31 bits per heavy atom. The van der Waals surface area contributed by atoms with E-state index in [9.17, 15) is 5.11 Å². The maximum Gasteiger partial charge on any atom is 0.153 e. The molecule has 2 aromatic heterocycles. The van der Waals surface area contributed by atoms with Crippen LogP contribution in [0.2, 0.25) is 5.02 Å². The van der Waals surface area contributed by atoms with E-state index in [4.69, 9.17) is 32.0 Å². The number of anilines is 1. The van der Waals surface area contributed by atoms with Gasteiger partial charge in [0.15, 0.2) is 5.82 Å². The van der Waals surface area contributed by atoms with Crippen LogP contribution in [-0.4, -0.2) is 57.1 Å². The van der Waals surface area contributed by atoms with Crippen molar-refractivity contribution in [2.45, 2.75) is 52.9 Å². The summed E-state index contributed by atoms with van der Waals surface area (Å²) in [4.78, 5) is 11.8. The summed E-state index contributed by atoms with van der Waals surface area (Å²) in [5.74, 6) is 0.734. The van der Waals surface area contributed by atoms with Crippen molar-refractivity contribution in [3.05, 3.63) is 34.7 Å². The third-order valence-corrected chi connectivity index (χ3v) is 7.27. The monoisotopic (exact) mass is 458 g/mol. The summed E-state index contributed by atoms with van der Waals surface area (Å²) in [6, 6.07) is 3.85. The molecule has 0 bridgehead atoms. The number of nitrogens with two attached hydrogens (primary N) is 1. The summed E-state index contributed by atoms with van der Waals surface area (Å²) in [7, 11) is 0. The number of nitrogens with zero attached hydrogens (tertiary/aromatic N) is 4. The number of aryl methyl sites for hydroxylation is 1. The molecule has 2 aliphatic heterocycles. The molecule has 2 fully saturated rings. The van der Waals surface area contributed by atoms with Gasteiger partial charge in [-0.2, -0.15) is 5.10 Å². The molecule has 5 rings (SSSR count). The molecule has 1 spiro atoms. The van der Waals surface area contributed by atoms with Gasteiger partial charge >= 0.3 is 0 Å². The summed E-state index contributed by atoms with van der Waals surface area (Å²) in [5, 5.41) is 18.6. The van der Waals surface area contributed by atoms with Gasteiger partial charge < -0.3 is 20.5 Å². The number of aliphatic hydroxyl groups excluding tert-OH is 1. The molecule has 32 heavy (non-hydrogen) atoms. The van der Waals surface area contributed by atoms with Gasteiger partial charge in [0.1, 0.15) is 5.69 Å². The van der Waals surface area contributed by atoms with E-state index in [0.29, 0.717) is 23.0 Å². The standard InChI is InChI=1S/C22H27ClN6O2.CH4/c1-12-19(15-8-17-14(7-16(15)23)9-25-28-17)27-18(10-30)21(26-12)29-5-3-22(4-6-29)11-31-13(2)20(22)24;/h7-9,13,20,30H,3-6,10-11,24H2,1-2H3,(H,25,28);1H4/t13-,20+;/m0./s1. The topological polar surface area (TPSA) is 113 Å². The van der Waals surface area contributed by atoms with Crippen molar-refractivity contribution in [3.63, 3.8) is 0 Å². The minimum atomic E-state index is -0.194. The number of ether oxygens (including phenoxy) is 1. The van der Waals surface area contributed by atoms with Gasteiger partial charge in [0.2, 0.25) is 0 Å². The van der Waals surface area contributed by atoms with Gasteiger partial charge in [-0.25, -0.2) is 9.97 Å². The number of fused-ring (bicyclic) bond motifs is 1. The number of hydrogen-bond acceptors (Lipinski definition) is 7. The lowest BCUT2D eigenvalue weighted by molar-refractivity contribution is 0.0973. The Labute approximate surface area is 193 Å². The molecule has 2 aliphatic rings. The van der Waals surface area contributed by atoms with E-state index in [2.05, 4.69) is 22.0 Å². The summed E-state index contributed by atoms with van der Waals surface area (Å²) in [6.07, 6.45) is 3.71. The van der Waals surface area contributed by atoms with E-state index >= 15 is 0 Å². The molecule has 9 heteroatoms. The molecule has 0 unspecified atom stereocenters. The van der Waals surface area contributed by atoms with Crippen LogP contribution >= 0.6 is 11.6 Å². The van der Waals surface area contributed by atoms with Gasteiger partial charge in [-0.3, -0.25) is 5.10 Å². The quantitative estimate of drug-likeness (QED) is 0.550. The van der Waals surface area contributed by atoms with E-state index in [-0.39, 0.29) is 31.6 Å². The molecule has 0 radical (unpaired) electrons. The van der Waals surface area contributed by atoms with Crippen LogP contribution in [-0.2, 0) is 11.3 Å². The van der Waals surface area contributed by atoms with E-state index in [1.54, 1.807) is 6.20 Å². The Morgan fingerprint density at radius 3 is 2.72 bits per heavy atom. The molecule has 0 amide bonds. The van der Waals surface area contributed by atoms with Crippen LogP contribution in [0.5, 0.6) is 0 Å². The predicted molar refractivity (Wildman–Crippen MR) is 127 cm³/mol. The second kappa shape index (κ2) is 8.59. The summed E-state index contributed by atoms with van der Waals surface area (Å²) in [6.45, 7) is 6.12. The zero-order chi connectivity index (χ0) is 21.8. The lowest BCUT2D eigenvalue weighted by atomic mass is 9.73. The zero-order valence-corrected chi connectivity index (χ0v) is 18.5. The SMILES string of the molecule is C.Cc1nc(N2CCC3(CC2)CO[C@@H](C)[C@H]3N)c(CO)nc1-c1cc2[nH]ncc2cc1Cl. The van der Waals surface area contributed by atoms with Crippen LogP contribution in [0.4, 0.5) is 5.82 Å². The van der Waals surface area contributed by atoms with Crippen LogP contribution in [0.3, 0.4) is 0 Å². The van der Waals surface area contributed by atoms with E-state index in [1.807, 2.05) is 19.1 Å². The fraction of sp³-hybridized carbons (Fsp3) is 0.522. The van der Waals surface area contributed by atoms with E-state index < -0.39 is 0 Å². The van der Waals surface area contributed by atoms with Gasteiger partial charge in [0.05, 0.1) is 47.4 Å². The van der Waals surface area contributed by atoms with Crippen molar-refractivity contribution in [3.8, 4) is 11.3 Å². The summed E-state index contributed by atoms with van der Waals surface area (Å²) < 4.78 is 5.83. The van der Waals surface area contributed by atoms with Gasteiger partial charge in [0, 0.05) is 35.5 Å². The first kappa shape index (κ1) is 22.9. The molecule has 0 saturated carbocycles. The molecule has 2 saturated heterocycles. The minimum Gasteiger partial charge on any atom is -0.390 e. The minimum absolute atomic E-state index is 0. The molecular formula is C23H31ClN6O2. The second-order valence-electron chi connectivity index (χ2n) is 8.77. The Morgan fingerprint density at radius 2 is 2.06 bits per heavy atom. The maximum absolute atomic E-state index is 10.1. The fourth-order valence-corrected chi connectivity index (χ4v) is 5.20. The molecule has 2 atom stereocenters. The number of benzene rings is 1. The number of aromatic amines is 1. The normalized spacial score (nSPS) is 22.5. The van der Waals surface area contributed by atoms with Crippen molar-refractivity contribution >= 4 is 28.3 Å². The number of rotatable bonds is 3. The van der Waals surface area contributed by atoms with E-state index in [0.717, 1.165) is 53.9 Å². The third-order valence-electron chi connectivity index (χ3n) is 6.96. The molecule has 4 N–H and O–H groups in total. The number of halogens is 1. The van der Waals surface area contributed by atoms with Gasteiger partial charge in [-0.1, -0.05) is 19.0 Å². The fourth-order valence-electron chi connectivity index (χ4n) is 4.94. The third kappa shape index (κ3) is 3.65. The number of hydrogen-bond donors (Lipinski definition) is 3. The second-order valence-corrected chi connectivity index (χ2v) is 9.17. The Balaban J connectivity index is 0.00000245. The van der Waals surface area contributed by atoms with Crippen LogP contribution in [0.25, 0.3) is 22.2 Å². The number of piperidine rings is 1. The smallest absolute Gasteiger partial charge is 0.153 e. The van der Waals surface area contributed by atoms with Crippen molar-refractivity contribution in [1.29, 1.82) is 0 Å². The molecule has 1 aromatic carbocycles. The lowest BCUT2D eigenvalue weighted by Crippen LogP contribution is -2.51. The molecular weight excluding hydrogens is 428 g/mol. The highest BCUT2D eigenvalue weighted by molar-refractivity contribution is 6.34. The first-order valence-corrected chi connectivity index (χ1v) is 11.0. The van der Waals surface area contributed by atoms with Crippen LogP contribution < -0.4 is 10.6 Å². The first-order valence-electron chi connectivity index (χ1n) is 10.7. The van der Waals surface area contributed by atoms with Crippen LogP contribution in [0.15, 0.2) is 18.3 Å². The van der Waals surface area contributed by atoms with Gasteiger partial charge in [-0.15, -0.1) is 0 Å². The van der Waals surface area contributed by atoms with Gasteiger partial charge in [-0.05, 0) is 38.8 Å². The average molecular weight is 459 g/mol. The summed E-state index contributed by atoms with van der Waals surface area (Å²) in [5.41, 5.74) is 10.1. The highest BCUT2D eigenvalue weighted by Crippen LogP contribution is 2.42.